The lowest BCUT2D eigenvalue weighted by Crippen LogP contribution is -2.19. The largest absolute Gasteiger partial charge is 0.383 e. The highest BCUT2D eigenvalue weighted by atomic mass is 32.7. The Balaban J connectivity index is 4.16. The molecule has 2 N–H and O–H groups in total. The first kappa shape index (κ1) is 21.5. The molecule has 0 aliphatic rings. The minimum Gasteiger partial charge on any atom is -0.317 e. The summed E-state index contributed by atoms with van der Waals surface area (Å²) in [5, 5.41) is 0. The summed E-state index contributed by atoms with van der Waals surface area (Å²) < 4.78 is 10.9. The van der Waals surface area contributed by atoms with Crippen LogP contribution in [0.4, 0.5) is 0 Å². The second-order valence-corrected chi connectivity index (χ2v) is 12.4. The highest BCUT2D eigenvalue weighted by Crippen LogP contribution is 2.51. The van der Waals surface area contributed by atoms with Crippen LogP contribution in [-0.2, 0) is 4.57 Å². The molecule has 0 rings (SSSR count). The van der Waals surface area contributed by atoms with Crippen molar-refractivity contribution >= 4 is 18.2 Å². The predicted octanol–water partition coefficient (Wildman–Crippen LogP) is 5.72. The lowest BCUT2D eigenvalue weighted by atomic mass is 9.76. The highest BCUT2D eigenvalue weighted by molar-refractivity contribution is 8.54. The Morgan fingerprint density at radius 3 is 1.95 bits per heavy atom. The van der Waals surface area contributed by atoms with E-state index in [0.717, 1.165) is 23.7 Å². The molecule has 3 nitrogen and oxygen atoms in total. The van der Waals surface area contributed by atoms with Crippen LogP contribution in [0.3, 0.4) is 0 Å². The van der Waals surface area contributed by atoms with Crippen molar-refractivity contribution in [3.05, 3.63) is 0 Å². The van der Waals surface area contributed by atoms with E-state index in [0.29, 0.717) is 17.1 Å². The van der Waals surface area contributed by atoms with Crippen molar-refractivity contribution < 1.29 is 14.4 Å². The quantitative estimate of drug-likeness (QED) is 0.528. The molecule has 0 saturated heterocycles. The summed E-state index contributed by atoms with van der Waals surface area (Å²) in [5.41, 5.74) is 0.623. The molecule has 0 heterocycles. The zero-order valence-corrected chi connectivity index (χ0v) is 16.6. The van der Waals surface area contributed by atoms with E-state index >= 15 is 0 Å². The van der Waals surface area contributed by atoms with Gasteiger partial charge in [0.25, 0.3) is 0 Å². The molecule has 21 heavy (non-hydrogen) atoms. The van der Waals surface area contributed by atoms with Crippen LogP contribution in [0.1, 0.15) is 74.1 Å². The van der Waals surface area contributed by atoms with Gasteiger partial charge in [0.15, 0.2) is 0 Å². The van der Waals surface area contributed by atoms with E-state index in [-0.39, 0.29) is 5.41 Å². The minimum atomic E-state index is -3.92. The van der Waals surface area contributed by atoms with E-state index in [2.05, 4.69) is 48.5 Å². The van der Waals surface area contributed by atoms with Crippen molar-refractivity contribution in [3.8, 4) is 0 Å². The summed E-state index contributed by atoms with van der Waals surface area (Å²) in [6, 6.07) is 0. The highest BCUT2D eigenvalue weighted by Gasteiger charge is 2.25. The summed E-state index contributed by atoms with van der Waals surface area (Å²) in [6.45, 7) is 11.9. The van der Waals surface area contributed by atoms with E-state index in [9.17, 15) is 4.57 Å². The Labute approximate surface area is 135 Å². The normalized spacial score (nSPS) is 16.8. The lowest BCUT2D eigenvalue weighted by molar-refractivity contribution is 0.221. The van der Waals surface area contributed by atoms with Gasteiger partial charge in [0.1, 0.15) is 0 Å². The maximum absolute atomic E-state index is 10.9. The Morgan fingerprint density at radius 2 is 1.52 bits per heavy atom. The monoisotopic (exact) mass is 338 g/mol. The van der Waals surface area contributed by atoms with Gasteiger partial charge in [-0.15, -0.1) is 0 Å². The van der Waals surface area contributed by atoms with Crippen molar-refractivity contribution in [2.24, 2.45) is 22.7 Å². The van der Waals surface area contributed by atoms with Crippen molar-refractivity contribution in [3.63, 3.8) is 0 Å². The van der Waals surface area contributed by atoms with Crippen LogP contribution in [0.15, 0.2) is 0 Å². The Kier molecular flexibility index (Phi) is 8.58. The molecule has 0 aliphatic heterocycles. The first-order chi connectivity index (χ1) is 9.20. The number of hydrogen-bond donors (Lipinski definition) is 2. The summed E-state index contributed by atoms with van der Waals surface area (Å²) >= 11 is 0.781. The topological polar surface area (TPSA) is 57.5 Å². The van der Waals surface area contributed by atoms with E-state index in [4.69, 9.17) is 9.79 Å². The van der Waals surface area contributed by atoms with Crippen LogP contribution < -0.4 is 0 Å². The molecule has 0 aliphatic carbocycles. The zero-order chi connectivity index (χ0) is 16.9. The van der Waals surface area contributed by atoms with Gasteiger partial charge in [-0.2, -0.15) is 0 Å². The van der Waals surface area contributed by atoms with Crippen LogP contribution >= 0.6 is 18.2 Å². The predicted molar refractivity (Wildman–Crippen MR) is 94.5 cm³/mol. The molecule has 2 atom stereocenters. The second kappa shape index (κ2) is 8.38. The third-order valence-corrected chi connectivity index (χ3v) is 6.21. The average molecular weight is 338 g/mol. The zero-order valence-electron chi connectivity index (χ0n) is 14.8. The summed E-state index contributed by atoms with van der Waals surface area (Å²) in [5.74, 6) is 1.59. The molecule has 0 radical (unpaired) electrons. The molecular weight excluding hydrogens is 303 g/mol. The molecule has 0 aromatic carbocycles. The third kappa shape index (κ3) is 13.9. The molecule has 0 aromatic rings. The molecule has 128 valence electrons. The Morgan fingerprint density at radius 1 is 1.00 bits per heavy atom. The van der Waals surface area contributed by atoms with Crippen LogP contribution in [-0.4, -0.2) is 15.5 Å². The Bertz CT molecular complexity index is 344. The summed E-state index contributed by atoms with van der Waals surface area (Å²) in [4.78, 5) is 17.8. The van der Waals surface area contributed by atoms with Gasteiger partial charge in [0.05, 0.1) is 0 Å². The van der Waals surface area contributed by atoms with Crippen LogP contribution in [0, 0.1) is 22.7 Å². The van der Waals surface area contributed by atoms with Gasteiger partial charge in [-0.1, -0.05) is 54.9 Å². The van der Waals surface area contributed by atoms with Gasteiger partial charge in [0, 0.05) is 5.75 Å². The van der Waals surface area contributed by atoms with Gasteiger partial charge >= 0.3 is 6.80 Å². The smallest absolute Gasteiger partial charge is 0.317 e. The summed E-state index contributed by atoms with van der Waals surface area (Å²) in [7, 11) is 0. The third-order valence-electron chi connectivity index (χ3n) is 3.70. The standard InChI is InChI=1S/C16H35O3PS/c1-13(10-15(3,4)5)8-9-16(6,7)11-14(2)12-21-20(17,18)19/h13-14H,8-12H2,1-7H3,(H2,17,18,19). The second-order valence-electron chi connectivity index (χ2n) is 8.67. The fourth-order valence-corrected chi connectivity index (χ4v) is 5.03. The Hall–Kier alpha value is 0.500. The number of hydrogen-bond acceptors (Lipinski definition) is 2. The molecule has 0 bridgehead atoms. The minimum absolute atomic E-state index is 0.237. The molecule has 0 fully saturated rings. The van der Waals surface area contributed by atoms with E-state index < -0.39 is 6.80 Å². The summed E-state index contributed by atoms with van der Waals surface area (Å²) in [6.07, 6.45) is 4.66. The molecule has 0 aromatic heterocycles. The van der Waals surface area contributed by atoms with Crippen molar-refractivity contribution in [1.82, 2.24) is 0 Å². The fraction of sp³-hybridized carbons (Fsp3) is 1.00. The van der Waals surface area contributed by atoms with Gasteiger partial charge in [-0.3, -0.25) is 0 Å². The number of rotatable bonds is 9. The molecule has 0 spiro atoms. The van der Waals surface area contributed by atoms with E-state index in [1.54, 1.807) is 0 Å². The van der Waals surface area contributed by atoms with Gasteiger partial charge in [0.2, 0.25) is 0 Å². The van der Waals surface area contributed by atoms with E-state index in [1.165, 1.54) is 19.3 Å². The molecular formula is C16H35O3PS. The maximum atomic E-state index is 10.9. The van der Waals surface area contributed by atoms with E-state index in [1.807, 2.05) is 0 Å². The molecule has 0 saturated carbocycles. The first-order valence-electron chi connectivity index (χ1n) is 7.90. The maximum Gasteiger partial charge on any atom is 0.383 e. The van der Waals surface area contributed by atoms with Gasteiger partial charge in [-0.25, -0.2) is 4.57 Å². The van der Waals surface area contributed by atoms with Gasteiger partial charge < -0.3 is 9.79 Å². The fourth-order valence-electron chi connectivity index (χ4n) is 3.11. The molecule has 2 unspecified atom stereocenters. The van der Waals surface area contributed by atoms with Crippen LogP contribution in [0.25, 0.3) is 0 Å². The first-order valence-corrected chi connectivity index (χ1v) is 11.1. The van der Waals surface area contributed by atoms with Crippen molar-refractivity contribution in [1.29, 1.82) is 0 Å². The SMILES string of the molecule is CC(CCC(C)(C)CC(C)CSP(=O)(O)O)CC(C)(C)C. The van der Waals surface area contributed by atoms with Crippen LogP contribution in [0.5, 0.6) is 0 Å². The lowest BCUT2D eigenvalue weighted by Gasteiger charge is -2.31. The van der Waals surface area contributed by atoms with Crippen LogP contribution in [0.2, 0.25) is 0 Å². The average Bonchev–Trinajstić information content (AvgIpc) is 2.20. The van der Waals surface area contributed by atoms with Crippen molar-refractivity contribution in [2.75, 3.05) is 5.75 Å². The molecule has 0 amide bonds. The van der Waals surface area contributed by atoms with Crippen molar-refractivity contribution in [2.45, 2.75) is 74.1 Å². The molecule has 5 heteroatoms. The van der Waals surface area contributed by atoms with Gasteiger partial charge in [-0.05, 0) is 53.3 Å².